The molecule has 5 heterocycles. The Bertz CT molecular complexity index is 2680. The normalized spacial score (nSPS) is 22.0. The lowest BCUT2D eigenvalue weighted by molar-refractivity contribution is -0.135. The third kappa shape index (κ3) is 9.13. The van der Waals surface area contributed by atoms with Crippen molar-refractivity contribution in [1.29, 1.82) is 0 Å². The van der Waals surface area contributed by atoms with Gasteiger partial charge in [0.25, 0.3) is 0 Å². The molecule has 8 unspecified atom stereocenters. The van der Waals surface area contributed by atoms with Gasteiger partial charge in [0.05, 0.1) is 68.7 Å². The van der Waals surface area contributed by atoms with Gasteiger partial charge in [-0.05, 0) is 118 Å². The molecule has 6 N–H and O–H groups in total. The molecule has 5 aromatic rings. The number of aromatic nitrogens is 5. The van der Waals surface area contributed by atoms with Crippen molar-refractivity contribution in [3.05, 3.63) is 95.2 Å². The number of nitrogens with zero attached hydrogens (tertiary/aromatic N) is 4. The fraction of sp³-hybridized carbons (Fsp3) is 0.500. The number of fused-ring (bicyclic) bond motifs is 4. The number of alkyl carbamates (subject to hydrolysis) is 1. The summed E-state index contributed by atoms with van der Waals surface area (Å²) in [5, 5.41) is 14.6. The Hall–Kier alpha value is -6.10. The van der Waals surface area contributed by atoms with Gasteiger partial charge in [-0.2, -0.15) is 0 Å². The third-order valence-electron chi connectivity index (χ3n) is 14.8. The average Bonchev–Trinajstić information content (AvgIpc) is 4.23. The molecule has 0 bridgehead atoms. The largest absolute Gasteiger partial charge is 0.497 e. The van der Waals surface area contributed by atoms with Crippen LogP contribution in [0.15, 0.2) is 66.7 Å². The van der Waals surface area contributed by atoms with Crippen molar-refractivity contribution in [2.24, 2.45) is 17.6 Å². The molecule has 3 aromatic heterocycles. The number of H-pyrrole nitrogens is 2. The lowest BCUT2D eigenvalue weighted by Gasteiger charge is -2.33. The zero-order valence-corrected chi connectivity index (χ0v) is 40.2. The van der Waals surface area contributed by atoms with Crippen LogP contribution in [0.2, 0.25) is 0 Å². The number of amides is 2. The number of carbonyl (C=O) groups is 2. The lowest BCUT2D eigenvalue weighted by atomic mass is 9.87. The number of allylic oxidation sites excluding steroid dienone is 3. The summed E-state index contributed by atoms with van der Waals surface area (Å²) in [6.07, 6.45) is 11.9. The van der Waals surface area contributed by atoms with Crippen LogP contribution in [0.1, 0.15) is 125 Å². The summed E-state index contributed by atoms with van der Waals surface area (Å²) in [5.41, 5.74) is 14.4. The first-order valence-corrected chi connectivity index (χ1v) is 24.1. The molecule has 2 amide bonds. The molecule has 0 spiro atoms. The number of aromatic amines is 2. The van der Waals surface area contributed by atoms with E-state index in [0.29, 0.717) is 42.1 Å². The Morgan fingerprint density at radius 1 is 0.956 bits per heavy atom. The SMILES string of the molecule is COC(=O)NC(C(=O)N1CCCC1c1ncc(C2=CC3=C(CC2)c2cc4cc(-c5ncc(C6CCCC6CCC(O)C(N)C(C)OC)[nH]5)ccc4n2C(c2cc(OC)cc(OC)c2)O3)[nH]1)C(C)C. The lowest BCUT2D eigenvalue weighted by Crippen LogP contribution is -2.51. The fourth-order valence-corrected chi connectivity index (χ4v) is 10.9. The van der Waals surface area contributed by atoms with Crippen molar-refractivity contribution in [2.45, 2.75) is 121 Å². The second-order valence-corrected chi connectivity index (χ2v) is 19.2. The molecule has 68 heavy (non-hydrogen) atoms. The van der Waals surface area contributed by atoms with Gasteiger partial charge < -0.3 is 59.3 Å². The van der Waals surface area contributed by atoms with E-state index in [1.807, 2.05) is 56.3 Å². The first kappa shape index (κ1) is 47.0. The average molecular weight is 931 g/mol. The van der Waals surface area contributed by atoms with Crippen LogP contribution in [0.25, 0.3) is 33.4 Å². The molecule has 2 aliphatic heterocycles. The number of nitrogens with two attached hydrogens (primary N) is 1. The maximum absolute atomic E-state index is 13.9. The Morgan fingerprint density at radius 3 is 2.49 bits per heavy atom. The van der Waals surface area contributed by atoms with Crippen LogP contribution in [-0.4, -0.2) is 106 Å². The van der Waals surface area contributed by atoms with E-state index in [1.54, 1.807) is 21.3 Å². The summed E-state index contributed by atoms with van der Waals surface area (Å²) in [6, 6.07) is 13.2. The van der Waals surface area contributed by atoms with E-state index in [1.165, 1.54) is 7.11 Å². The third-order valence-corrected chi connectivity index (χ3v) is 14.8. The summed E-state index contributed by atoms with van der Waals surface area (Å²) >= 11 is 0. The smallest absolute Gasteiger partial charge is 0.407 e. The number of aliphatic hydroxyl groups is 1. The summed E-state index contributed by atoms with van der Waals surface area (Å²) in [7, 11) is 6.22. The van der Waals surface area contributed by atoms with E-state index in [9.17, 15) is 14.7 Å². The minimum atomic E-state index is -0.714. The highest BCUT2D eigenvalue weighted by Crippen LogP contribution is 2.47. The maximum Gasteiger partial charge on any atom is 0.407 e. The quantitative estimate of drug-likeness (QED) is 0.0636. The van der Waals surface area contributed by atoms with E-state index in [2.05, 4.69) is 50.2 Å². The molecular formula is C52H66N8O8. The number of hydrogen-bond acceptors (Lipinski definition) is 11. The summed E-state index contributed by atoms with van der Waals surface area (Å²) < 4.78 is 31.0. The van der Waals surface area contributed by atoms with E-state index < -0.39 is 30.5 Å². The van der Waals surface area contributed by atoms with Gasteiger partial charge >= 0.3 is 6.09 Å². The van der Waals surface area contributed by atoms with Gasteiger partial charge in [0.1, 0.15) is 34.9 Å². The van der Waals surface area contributed by atoms with Crippen molar-refractivity contribution in [3.63, 3.8) is 0 Å². The molecular weight excluding hydrogens is 865 g/mol. The number of imidazole rings is 2. The number of nitrogens with one attached hydrogen (secondary N) is 3. The van der Waals surface area contributed by atoms with Crippen molar-refractivity contribution in [1.82, 2.24) is 34.7 Å². The number of aliphatic hydroxyl groups excluding tert-OH is 1. The molecule has 1 saturated carbocycles. The Morgan fingerprint density at radius 2 is 1.75 bits per heavy atom. The van der Waals surface area contributed by atoms with Crippen LogP contribution in [0.3, 0.4) is 0 Å². The zero-order valence-electron chi connectivity index (χ0n) is 40.2. The molecule has 9 rings (SSSR count). The molecule has 362 valence electrons. The predicted octanol–water partition coefficient (Wildman–Crippen LogP) is 8.37. The maximum atomic E-state index is 13.9. The van der Waals surface area contributed by atoms with Crippen LogP contribution < -0.4 is 20.5 Å². The van der Waals surface area contributed by atoms with Crippen molar-refractivity contribution in [3.8, 4) is 22.9 Å². The van der Waals surface area contributed by atoms with E-state index >= 15 is 0 Å². The number of carbonyl (C=O) groups excluding carboxylic acids is 2. The van der Waals surface area contributed by atoms with E-state index in [4.69, 9.17) is 39.4 Å². The molecule has 2 aromatic carbocycles. The van der Waals surface area contributed by atoms with Crippen LogP contribution >= 0.6 is 0 Å². The number of likely N-dealkylation sites (tertiary alicyclic amines) is 1. The van der Waals surface area contributed by atoms with Crippen molar-refractivity contribution >= 4 is 34.0 Å². The topological polar surface area (TPSA) is 204 Å². The van der Waals surface area contributed by atoms with Gasteiger partial charge in [-0.25, -0.2) is 14.8 Å². The highest BCUT2D eigenvalue weighted by molar-refractivity contribution is 5.91. The molecule has 4 aliphatic rings. The molecule has 16 heteroatoms. The minimum absolute atomic E-state index is 0.128. The van der Waals surface area contributed by atoms with Gasteiger partial charge in [-0.15, -0.1) is 0 Å². The van der Waals surface area contributed by atoms with Gasteiger partial charge in [0, 0.05) is 59.6 Å². The number of rotatable bonds is 16. The number of methoxy groups -OCH3 is 4. The van der Waals surface area contributed by atoms with Gasteiger partial charge in [0.15, 0.2) is 0 Å². The standard InChI is InChI=1S/C52H66N8O8/c1-28(2)47(58-52(63)67-7)50(62)59-19-9-12-42(59)49-55-26-39(56-49)31-13-16-38-43-23-33-20-32(48-54-27-40(57-48)37-11-8-10-30(37)15-18-44(61)46(53)29(3)64-4)14-17-41(33)60(43)51(68-45(38)24-31)34-21-35(65-5)25-36(22-34)66-6/h14,17,20-30,37,42,44,46-47,51,61H,8-13,15-16,18-19,53H2,1-7H3,(H,54,57)(H,55,56)(H,58,63). The molecule has 1 saturated heterocycles. The highest BCUT2D eigenvalue weighted by atomic mass is 16.5. The van der Waals surface area contributed by atoms with Crippen LogP contribution in [-0.2, 0) is 19.0 Å². The van der Waals surface area contributed by atoms with Crippen LogP contribution in [0, 0.1) is 11.8 Å². The Balaban J connectivity index is 1.01. The van der Waals surface area contributed by atoms with Gasteiger partial charge in [-0.1, -0.05) is 20.3 Å². The molecule has 2 aliphatic carbocycles. The number of ether oxygens (including phenoxy) is 5. The predicted molar refractivity (Wildman–Crippen MR) is 259 cm³/mol. The van der Waals surface area contributed by atoms with Crippen molar-refractivity contribution in [2.75, 3.05) is 35.0 Å². The first-order chi connectivity index (χ1) is 32.9. The summed E-state index contributed by atoms with van der Waals surface area (Å²) in [5.74, 6) is 4.14. The van der Waals surface area contributed by atoms with E-state index in [-0.39, 0.29) is 24.0 Å². The molecule has 16 nitrogen and oxygen atoms in total. The fourth-order valence-electron chi connectivity index (χ4n) is 10.9. The summed E-state index contributed by atoms with van der Waals surface area (Å²) in [6.45, 7) is 6.30. The first-order valence-electron chi connectivity index (χ1n) is 24.1. The second kappa shape index (κ2) is 19.9. The van der Waals surface area contributed by atoms with Crippen LogP contribution in [0.4, 0.5) is 4.79 Å². The monoisotopic (exact) mass is 931 g/mol. The highest BCUT2D eigenvalue weighted by Gasteiger charge is 2.39. The van der Waals surface area contributed by atoms with Crippen LogP contribution in [0.5, 0.6) is 11.5 Å². The molecule has 0 radical (unpaired) electrons. The van der Waals surface area contributed by atoms with Gasteiger partial charge in [-0.3, -0.25) is 4.79 Å². The van der Waals surface area contributed by atoms with Gasteiger partial charge in [0.2, 0.25) is 12.1 Å². The molecule has 2 fully saturated rings. The van der Waals surface area contributed by atoms with E-state index in [0.717, 1.165) is 113 Å². The molecule has 8 atom stereocenters. The number of benzene rings is 2. The second-order valence-electron chi connectivity index (χ2n) is 19.2. The summed E-state index contributed by atoms with van der Waals surface area (Å²) in [4.78, 5) is 44.9. The number of hydrogen-bond donors (Lipinski definition) is 5. The zero-order chi connectivity index (χ0) is 47.8. The Kier molecular flexibility index (Phi) is 13.7. The minimum Gasteiger partial charge on any atom is -0.497 e. The van der Waals surface area contributed by atoms with Crippen molar-refractivity contribution < 1.29 is 38.4 Å². The Labute approximate surface area is 397 Å².